The number of carbonyl (C=O) groups is 2. The van der Waals surface area contributed by atoms with E-state index in [-0.39, 0.29) is 17.3 Å². The van der Waals surface area contributed by atoms with Crippen LogP contribution in [-0.4, -0.2) is 51.4 Å². The Kier molecular flexibility index (Phi) is 10.9. The molecule has 0 aliphatic carbocycles. The van der Waals surface area contributed by atoms with Gasteiger partial charge in [-0.05, 0) is 54.8 Å². The van der Waals surface area contributed by atoms with Crippen LogP contribution in [0.4, 0.5) is 5.69 Å². The molecule has 1 atom stereocenters. The molecule has 0 saturated heterocycles. The average molecular weight is 552 g/mol. The topological polar surface area (TPSA) is 96.0 Å². The standard InChI is InChI=1S/C30H37N3O5S/c1-4-6-21-31-30(35)28(5-2)32(22-24-13-9-7-10-14-24)29(34)23-33(25-17-19-26(38-3)20-18-25)39(36,37)27-15-11-8-12-16-27/h7-20,28H,4-6,21-23H2,1-3H3,(H,31,35)/t28-/m1/s1. The zero-order valence-electron chi connectivity index (χ0n) is 22.7. The predicted octanol–water partition coefficient (Wildman–Crippen LogP) is 4.61. The smallest absolute Gasteiger partial charge is 0.264 e. The molecule has 0 aliphatic rings. The van der Waals surface area contributed by atoms with Gasteiger partial charge >= 0.3 is 0 Å². The molecule has 2 amide bonds. The van der Waals surface area contributed by atoms with Crippen LogP contribution < -0.4 is 14.4 Å². The van der Waals surface area contributed by atoms with Crippen molar-refractivity contribution >= 4 is 27.5 Å². The van der Waals surface area contributed by atoms with E-state index in [0.717, 1.165) is 22.7 Å². The largest absolute Gasteiger partial charge is 0.497 e. The first-order chi connectivity index (χ1) is 18.8. The van der Waals surface area contributed by atoms with Gasteiger partial charge in [0, 0.05) is 13.1 Å². The van der Waals surface area contributed by atoms with Crippen molar-refractivity contribution in [3.8, 4) is 5.75 Å². The van der Waals surface area contributed by atoms with E-state index in [9.17, 15) is 18.0 Å². The molecule has 0 spiro atoms. The van der Waals surface area contributed by atoms with Crippen LogP contribution >= 0.6 is 0 Å². The quantitative estimate of drug-likeness (QED) is 0.295. The summed E-state index contributed by atoms with van der Waals surface area (Å²) in [5, 5.41) is 2.93. The second-order valence-corrected chi connectivity index (χ2v) is 11.0. The van der Waals surface area contributed by atoms with Crippen molar-refractivity contribution in [2.75, 3.05) is 24.5 Å². The zero-order chi connectivity index (χ0) is 28.3. The van der Waals surface area contributed by atoms with Gasteiger partial charge in [0.15, 0.2) is 0 Å². The molecule has 0 bridgehead atoms. The average Bonchev–Trinajstić information content (AvgIpc) is 2.96. The highest BCUT2D eigenvalue weighted by molar-refractivity contribution is 7.92. The Labute approximate surface area is 231 Å². The number of hydrogen-bond acceptors (Lipinski definition) is 5. The number of anilines is 1. The van der Waals surface area contributed by atoms with Crippen LogP contribution in [0.3, 0.4) is 0 Å². The summed E-state index contributed by atoms with van der Waals surface area (Å²) in [6.07, 6.45) is 2.14. The molecule has 0 saturated carbocycles. The second kappa shape index (κ2) is 14.3. The summed E-state index contributed by atoms with van der Waals surface area (Å²) < 4.78 is 33.9. The monoisotopic (exact) mass is 551 g/mol. The van der Waals surface area contributed by atoms with Crippen molar-refractivity contribution in [3.05, 3.63) is 90.5 Å². The number of rotatable bonds is 14. The molecule has 3 aromatic rings. The van der Waals surface area contributed by atoms with Crippen LogP contribution in [0.2, 0.25) is 0 Å². The van der Waals surface area contributed by atoms with Crippen molar-refractivity contribution in [1.82, 2.24) is 10.2 Å². The number of sulfonamides is 1. The van der Waals surface area contributed by atoms with E-state index in [1.165, 1.54) is 24.1 Å². The Bertz CT molecular complexity index is 1300. The first-order valence-electron chi connectivity index (χ1n) is 13.1. The molecule has 39 heavy (non-hydrogen) atoms. The molecule has 208 valence electrons. The lowest BCUT2D eigenvalue weighted by Crippen LogP contribution is -2.52. The Balaban J connectivity index is 2.00. The van der Waals surface area contributed by atoms with Gasteiger partial charge in [0.2, 0.25) is 11.8 Å². The van der Waals surface area contributed by atoms with Gasteiger partial charge in [0.25, 0.3) is 10.0 Å². The van der Waals surface area contributed by atoms with Gasteiger partial charge in [0.1, 0.15) is 18.3 Å². The highest BCUT2D eigenvalue weighted by atomic mass is 32.2. The summed E-state index contributed by atoms with van der Waals surface area (Å²) in [4.78, 5) is 28.7. The number of carbonyl (C=O) groups excluding carboxylic acids is 2. The molecular formula is C30H37N3O5S. The Morgan fingerprint density at radius 3 is 2.08 bits per heavy atom. The Hall–Kier alpha value is -3.85. The summed E-state index contributed by atoms with van der Waals surface area (Å²) in [5.74, 6) is -0.175. The van der Waals surface area contributed by atoms with E-state index in [0.29, 0.717) is 24.4 Å². The van der Waals surface area contributed by atoms with Crippen LogP contribution in [-0.2, 0) is 26.2 Å². The van der Waals surface area contributed by atoms with Crippen LogP contribution in [0.25, 0.3) is 0 Å². The number of nitrogens with one attached hydrogen (secondary N) is 1. The van der Waals surface area contributed by atoms with E-state index in [1.54, 1.807) is 42.5 Å². The summed E-state index contributed by atoms with van der Waals surface area (Å²) in [6.45, 7) is 4.09. The number of ether oxygens (including phenoxy) is 1. The Morgan fingerprint density at radius 1 is 0.897 bits per heavy atom. The molecule has 9 heteroatoms. The number of unbranched alkanes of at least 4 members (excludes halogenated alkanes) is 1. The van der Waals surface area contributed by atoms with Crippen LogP contribution in [0.5, 0.6) is 5.75 Å². The second-order valence-electron chi connectivity index (χ2n) is 9.10. The van der Waals surface area contributed by atoms with Gasteiger partial charge in [-0.2, -0.15) is 0 Å². The zero-order valence-corrected chi connectivity index (χ0v) is 23.6. The maximum Gasteiger partial charge on any atom is 0.264 e. The molecule has 0 heterocycles. The fraction of sp³-hybridized carbons (Fsp3) is 0.333. The van der Waals surface area contributed by atoms with Crippen LogP contribution in [0, 0.1) is 0 Å². The molecule has 0 aliphatic heterocycles. The third-order valence-corrected chi connectivity index (χ3v) is 8.17. The first-order valence-corrected chi connectivity index (χ1v) is 14.6. The lowest BCUT2D eigenvalue weighted by atomic mass is 10.1. The maximum atomic E-state index is 14.0. The summed E-state index contributed by atoms with van der Waals surface area (Å²) in [7, 11) is -2.58. The van der Waals surface area contributed by atoms with Gasteiger partial charge in [-0.15, -0.1) is 0 Å². The first kappa shape index (κ1) is 29.7. The minimum absolute atomic E-state index is 0.0626. The summed E-state index contributed by atoms with van der Waals surface area (Å²) >= 11 is 0. The van der Waals surface area contributed by atoms with Gasteiger partial charge in [-0.25, -0.2) is 8.42 Å². The number of methoxy groups -OCH3 is 1. The van der Waals surface area contributed by atoms with E-state index < -0.39 is 28.5 Å². The molecule has 0 fully saturated rings. The van der Waals surface area contributed by atoms with Crippen molar-refractivity contribution < 1.29 is 22.7 Å². The van der Waals surface area contributed by atoms with Crippen molar-refractivity contribution in [3.63, 3.8) is 0 Å². The van der Waals surface area contributed by atoms with Crippen molar-refractivity contribution in [2.24, 2.45) is 0 Å². The number of amides is 2. The van der Waals surface area contributed by atoms with Gasteiger partial charge in [-0.3, -0.25) is 13.9 Å². The molecular weight excluding hydrogens is 514 g/mol. The third kappa shape index (κ3) is 7.83. The minimum Gasteiger partial charge on any atom is -0.497 e. The van der Waals surface area contributed by atoms with Gasteiger partial charge in [0.05, 0.1) is 17.7 Å². The fourth-order valence-corrected chi connectivity index (χ4v) is 5.64. The molecule has 0 aromatic heterocycles. The number of benzene rings is 3. The highest BCUT2D eigenvalue weighted by Crippen LogP contribution is 2.26. The lowest BCUT2D eigenvalue weighted by Gasteiger charge is -2.33. The number of hydrogen-bond donors (Lipinski definition) is 1. The van der Waals surface area contributed by atoms with E-state index in [4.69, 9.17) is 4.74 Å². The molecule has 0 radical (unpaired) electrons. The fourth-order valence-electron chi connectivity index (χ4n) is 4.20. The molecule has 8 nitrogen and oxygen atoms in total. The number of nitrogens with zero attached hydrogens (tertiary/aromatic N) is 2. The maximum absolute atomic E-state index is 14.0. The van der Waals surface area contributed by atoms with E-state index in [1.807, 2.05) is 44.2 Å². The molecule has 3 rings (SSSR count). The molecule has 1 N–H and O–H groups in total. The highest BCUT2D eigenvalue weighted by Gasteiger charge is 2.33. The van der Waals surface area contributed by atoms with Crippen molar-refractivity contribution in [2.45, 2.75) is 50.6 Å². The molecule has 0 unspecified atom stereocenters. The van der Waals surface area contributed by atoms with Gasteiger partial charge in [-0.1, -0.05) is 68.8 Å². The van der Waals surface area contributed by atoms with E-state index in [2.05, 4.69) is 5.32 Å². The van der Waals surface area contributed by atoms with Crippen LogP contribution in [0.15, 0.2) is 89.8 Å². The third-order valence-electron chi connectivity index (χ3n) is 6.38. The van der Waals surface area contributed by atoms with Gasteiger partial charge < -0.3 is 15.0 Å². The van der Waals surface area contributed by atoms with Crippen molar-refractivity contribution in [1.29, 1.82) is 0 Å². The lowest BCUT2D eigenvalue weighted by molar-refractivity contribution is -0.140. The Morgan fingerprint density at radius 2 is 1.51 bits per heavy atom. The predicted molar refractivity (Wildman–Crippen MR) is 153 cm³/mol. The minimum atomic E-state index is -4.10. The summed E-state index contributed by atoms with van der Waals surface area (Å²) in [6, 6.07) is 23.1. The molecule has 3 aromatic carbocycles. The van der Waals surface area contributed by atoms with E-state index >= 15 is 0 Å². The summed E-state index contributed by atoms with van der Waals surface area (Å²) in [5.41, 5.74) is 1.15. The SMILES string of the molecule is CCCCNC(=O)[C@@H](CC)N(Cc1ccccc1)C(=O)CN(c1ccc(OC)cc1)S(=O)(=O)c1ccccc1. The normalized spacial score (nSPS) is 11.9. The van der Waals surface area contributed by atoms with Crippen LogP contribution in [0.1, 0.15) is 38.7 Å².